The standard InChI is InChI=1S/C26H26FN5OS/c1-30-15-21(19-4-2-7-28-25(19)30)23-17-34-26(29-23)22-16-32(24-6-5-18(27)14-20(22)24)9-3-8-31-10-12-33-13-11-31/h2,4-7,14-17H,3,8-13H2,1H3. The first-order valence-corrected chi connectivity index (χ1v) is 12.5. The summed E-state index contributed by atoms with van der Waals surface area (Å²) in [6, 6.07) is 9.08. The number of aromatic nitrogens is 4. The van der Waals surface area contributed by atoms with E-state index in [0.717, 1.165) is 89.6 Å². The lowest BCUT2D eigenvalue weighted by molar-refractivity contribution is 0.0370. The molecule has 174 valence electrons. The number of nitrogens with zero attached hydrogens (tertiary/aromatic N) is 5. The Balaban J connectivity index is 1.32. The highest BCUT2D eigenvalue weighted by molar-refractivity contribution is 7.13. The van der Waals surface area contributed by atoms with Crippen molar-refractivity contribution in [3.05, 3.63) is 60.1 Å². The van der Waals surface area contributed by atoms with Crippen LogP contribution in [0.25, 0.3) is 43.8 Å². The molecule has 0 aliphatic carbocycles. The number of benzene rings is 1. The van der Waals surface area contributed by atoms with Gasteiger partial charge in [0.15, 0.2) is 0 Å². The predicted molar refractivity (Wildman–Crippen MR) is 135 cm³/mol. The largest absolute Gasteiger partial charge is 0.379 e. The Hall–Kier alpha value is -3.07. The van der Waals surface area contributed by atoms with E-state index in [0.29, 0.717) is 0 Å². The molecule has 5 heterocycles. The summed E-state index contributed by atoms with van der Waals surface area (Å²) in [6.45, 7) is 5.54. The van der Waals surface area contributed by atoms with Crippen LogP contribution in [0.5, 0.6) is 0 Å². The first kappa shape index (κ1) is 21.5. The van der Waals surface area contributed by atoms with E-state index in [-0.39, 0.29) is 5.82 Å². The molecule has 0 bridgehead atoms. The third-order valence-electron chi connectivity index (χ3n) is 6.56. The number of hydrogen-bond donors (Lipinski definition) is 0. The number of rotatable bonds is 6. The van der Waals surface area contributed by atoms with Gasteiger partial charge in [0.25, 0.3) is 0 Å². The maximum atomic E-state index is 14.2. The average Bonchev–Trinajstić information content (AvgIpc) is 3.56. The summed E-state index contributed by atoms with van der Waals surface area (Å²) in [5, 5.41) is 4.97. The Bertz CT molecular complexity index is 1460. The van der Waals surface area contributed by atoms with Crippen LogP contribution in [0, 0.1) is 5.82 Å². The van der Waals surface area contributed by atoms with E-state index in [1.807, 2.05) is 23.7 Å². The van der Waals surface area contributed by atoms with Crippen LogP contribution in [0.2, 0.25) is 0 Å². The van der Waals surface area contributed by atoms with Crippen molar-refractivity contribution in [1.29, 1.82) is 0 Å². The van der Waals surface area contributed by atoms with E-state index in [1.165, 1.54) is 0 Å². The van der Waals surface area contributed by atoms with Crippen LogP contribution >= 0.6 is 11.3 Å². The minimum Gasteiger partial charge on any atom is -0.379 e. The Morgan fingerprint density at radius 2 is 1.94 bits per heavy atom. The second kappa shape index (κ2) is 8.94. The van der Waals surface area contributed by atoms with Crippen molar-refractivity contribution in [1.82, 2.24) is 24.0 Å². The first-order valence-electron chi connectivity index (χ1n) is 11.6. The molecule has 0 radical (unpaired) electrons. The van der Waals surface area contributed by atoms with E-state index in [1.54, 1.807) is 29.7 Å². The second-order valence-electron chi connectivity index (χ2n) is 8.77. The van der Waals surface area contributed by atoms with Gasteiger partial charge in [-0.15, -0.1) is 11.3 Å². The number of pyridine rings is 1. The van der Waals surface area contributed by atoms with Gasteiger partial charge in [-0.3, -0.25) is 4.90 Å². The number of morpholine rings is 1. The van der Waals surface area contributed by atoms with Gasteiger partial charge in [-0.2, -0.15) is 0 Å². The Labute approximate surface area is 201 Å². The maximum absolute atomic E-state index is 14.2. The lowest BCUT2D eigenvalue weighted by atomic mass is 10.1. The number of fused-ring (bicyclic) bond motifs is 2. The van der Waals surface area contributed by atoms with Crippen LogP contribution in [-0.2, 0) is 18.3 Å². The molecule has 0 unspecified atom stereocenters. The minimum atomic E-state index is -0.225. The maximum Gasteiger partial charge on any atom is 0.140 e. The number of ether oxygens (including phenoxy) is 1. The van der Waals surface area contributed by atoms with Gasteiger partial charge in [0.1, 0.15) is 16.5 Å². The van der Waals surface area contributed by atoms with Crippen LogP contribution in [0.3, 0.4) is 0 Å². The zero-order chi connectivity index (χ0) is 23.1. The quantitative estimate of drug-likeness (QED) is 0.340. The molecule has 1 aliphatic rings. The van der Waals surface area contributed by atoms with E-state index < -0.39 is 0 Å². The lowest BCUT2D eigenvalue weighted by Gasteiger charge is -2.26. The van der Waals surface area contributed by atoms with Gasteiger partial charge in [-0.05, 0) is 36.8 Å². The average molecular weight is 476 g/mol. The molecular formula is C26H26FN5OS. The highest BCUT2D eigenvalue weighted by Gasteiger charge is 2.18. The first-order chi connectivity index (χ1) is 16.7. The molecule has 8 heteroatoms. The van der Waals surface area contributed by atoms with E-state index in [4.69, 9.17) is 9.72 Å². The molecule has 1 saturated heterocycles. The predicted octanol–water partition coefficient (Wildman–Crippen LogP) is 5.18. The molecule has 4 aromatic heterocycles. The molecular weight excluding hydrogens is 449 g/mol. The van der Waals surface area contributed by atoms with Crippen LogP contribution < -0.4 is 0 Å². The monoisotopic (exact) mass is 475 g/mol. The summed E-state index contributed by atoms with van der Waals surface area (Å²) < 4.78 is 24.0. The number of halogens is 1. The van der Waals surface area contributed by atoms with Gasteiger partial charge in [0.2, 0.25) is 0 Å². The van der Waals surface area contributed by atoms with Gasteiger partial charge >= 0.3 is 0 Å². The van der Waals surface area contributed by atoms with Crippen LogP contribution in [0.4, 0.5) is 4.39 Å². The normalized spacial score (nSPS) is 15.0. The molecule has 0 amide bonds. The zero-order valence-electron chi connectivity index (χ0n) is 19.1. The summed E-state index contributed by atoms with van der Waals surface area (Å²) in [5.41, 5.74) is 4.95. The summed E-state index contributed by atoms with van der Waals surface area (Å²) in [4.78, 5) is 11.9. The van der Waals surface area contributed by atoms with Crippen LogP contribution in [0.15, 0.2) is 54.3 Å². The highest BCUT2D eigenvalue weighted by Crippen LogP contribution is 2.37. The van der Waals surface area contributed by atoms with Gasteiger partial charge in [-0.25, -0.2) is 14.4 Å². The van der Waals surface area contributed by atoms with Crippen LogP contribution in [-0.4, -0.2) is 56.9 Å². The van der Waals surface area contributed by atoms with Gasteiger partial charge in [0.05, 0.1) is 18.9 Å². The van der Waals surface area contributed by atoms with Gasteiger partial charge < -0.3 is 13.9 Å². The molecule has 1 aromatic carbocycles. The molecule has 0 spiro atoms. The van der Waals surface area contributed by atoms with Crippen molar-refractivity contribution < 1.29 is 9.13 Å². The molecule has 0 atom stereocenters. The second-order valence-corrected chi connectivity index (χ2v) is 9.63. The summed E-state index contributed by atoms with van der Waals surface area (Å²) in [6.07, 6.45) is 7.05. The smallest absolute Gasteiger partial charge is 0.140 e. The third-order valence-corrected chi connectivity index (χ3v) is 7.44. The fraction of sp³-hybridized carbons (Fsp3) is 0.308. The van der Waals surface area contributed by atoms with Gasteiger partial charge in [0, 0.05) is 84.6 Å². The van der Waals surface area contributed by atoms with Crippen molar-refractivity contribution in [3.8, 4) is 21.8 Å². The van der Waals surface area contributed by atoms with Crippen LogP contribution in [0.1, 0.15) is 6.42 Å². The molecule has 6 nitrogen and oxygen atoms in total. The van der Waals surface area contributed by atoms with Crippen molar-refractivity contribution >= 4 is 33.3 Å². The van der Waals surface area contributed by atoms with Crippen molar-refractivity contribution in [3.63, 3.8) is 0 Å². The zero-order valence-corrected chi connectivity index (χ0v) is 19.9. The van der Waals surface area contributed by atoms with Crippen molar-refractivity contribution in [2.24, 2.45) is 7.05 Å². The lowest BCUT2D eigenvalue weighted by Crippen LogP contribution is -2.37. The molecule has 34 heavy (non-hydrogen) atoms. The summed E-state index contributed by atoms with van der Waals surface area (Å²) in [5.74, 6) is -0.225. The Morgan fingerprint density at radius 3 is 2.82 bits per heavy atom. The third kappa shape index (κ3) is 3.91. The van der Waals surface area contributed by atoms with Crippen molar-refractivity contribution in [2.75, 3.05) is 32.8 Å². The molecule has 0 N–H and O–H groups in total. The number of thiazole rings is 1. The van der Waals surface area contributed by atoms with E-state index in [2.05, 4.69) is 38.3 Å². The fourth-order valence-electron chi connectivity index (χ4n) is 4.85. The Kier molecular flexibility index (Phi) is 5.64. The molecule has 1 aliphatic heterocycles. The topological polar surface area (TPSA) is 48.1 Å². The molecule has 1 fully saturated rings. The summed E-state index contributed by atoms with van der Waals surface area (Å²) in [7, 11) is 2.00. The fourth-order valence-corrected chi connectivity index (χ4v) is 5.70. The van der Waals surface area contributed by atoms with Gasteiger partial charge in [-0.1, -0.05) is 0 Å². The summed E-state index contributed by atoms with van der Waals surface area (Å²) >= 11 is 1.60. The number of aryl methyl sites for hydroxylation is 2. The number of hydrogen-bond acceptors (Lipinski definition) is 5. The highest BCUT2D eigenvalue weighted by atomic mass is 32.1. The van der Waals surface area contributed by atoms with E-state index in [9.17, 15) is 4.39 Å². The van der Waals surface area contributed by atoms with E-state index >= 15 is 0 Å². The molecule has 0 saturated carbocycles. The van der Waals surface area contributed by atoms with Crippen molar-refractivity contribution in [2.45, 2.75) is 13.0 Å². The molecule has 5 aromatic rings. The minimum absolute atomic E-state index is 0.225. The SMILES string of the molecule is Cn1cc(-c2csc(-c3cn(CCCN4CCOCC4)c4ccc(F)cc34)n2)c2cccnc21. The Morgan fingerprint density at radius 1 is 1.06 bits per heavy atom. The molecule has 6 rings (SSSR count).